The van der Waals surface area contributed by atoms with E-state index in [4.69, 9.17) is 0 Å². The maximum atomic E-state index is 12.8. The molecule has 156 valence electrons. The number of phenols is 4. The largest absolute Gasteiger partial charge is 0.504 e. The number of carbonyl (C=O) groups excluding carboxylic acids is 1. The number of fused-ring (bicyclic) bond motifs is 1. The van der Waals surface area contributed by atoms with Crippen LogP contribution in [0.3, 0.4) is 0 Å². The molecule has 4 N–H and O–H groups in total. The molecule has 2 aromatic carbocycles. The lowest BCUT2D eigenvalue weighted by Crippen LogP contribution is -2.41. The zero-order valence-electron chi connectivity index (χ0n) is 16.3. The summed E-state index contributed by atoms with van der Waals surface area (Å²) in [6, 6.07) is 7.32. The summed E-state index contributed by atoms with van der Waals surface area (Å²) in [6.45, 7) is 2.28. The number of urea groups is 1. The number of amides is 2. The lowest BCUT2D eigenvalue weighted by Gasteiger charge is -2.31. The average molecular weight is 428 g/mol. The summed E-state index contributed by atoms with van der Waals surface area (Å²) in [5.74, 6) is -0.333. The van der Waals surface area contributed by atoms with Crippen LogP contribution < -0.4 is 4.90 Å². The van der Waals surface area contributed by atoms with Crippen LogP contribution in [-0.2, 0) is 13.1 Å². The molecule has 0 spiro atoms. The topological polar surface area (TPSA) is 122 Å². The number of rotatable bonds is 4. The monoisotopic (exact) mass is 428 g/mol. The summed E-state index contributed by atoms with van der Waals surface area (Å²) in [5, 5.41) is 39.7. The van der Waals surface area contributed by atoms with Gasteiger partial charge in [-0.25, -0.2) is 9.78 Å². The number of benzene rings is 2. The average Bonchev–Trinajstić information content (AvgIpc) is 3.10. The smallest absolute Gasteiger partial charge is 0.336 e. The molecular formula is C20H20N4O5S. The first kappa shape index (κ1) is 19.8. The van der Waals surface area contributed by atoms with Gasteiger partial charge in [-0.3, -0.25) is 9.21 Å². The first-order valence-corrected chi connectivity index (χ1v) is 9.83. The highest BCUT2D eigenvalue weighted by molar-refractivity contribution is 7.97. The van der Waals surface area contributed by atoms with E-state index in [1.54, 1.807) is 32.4 Å². The van der Waals surface area contributed by atoms with Gasteiger partial charge >= 0.3 is 6.03 Å². The summed E-state index contributed by atoms with van der Waals surface area (Å²) in [6.07, 6.45) is 1.62. The van der Waals surface area contributed by atoms with Crippen LogP contribution >= 0.6 is 11.9 Å². The number of hydrogen-bond donors (Lipinski definition) is 4. The third-order valence-electron chi connectivity index (χ3n) is 4.99. The van der Waals surface area contributed by atoms with Gasteiger partial charge in [-0.15, -0.1) is 0 Å². The number of aromatic nitrogens is 2. The van der Waals surface area contributed by atoms with E-state index in [1.165, 1.54) is 39.4 Å². The molecule has 0 saturated carbocycles. The minimum Gasteiger partial charge on any atom is -0.504 e. The third kappa shape index (κ3) is 3.35. The summed E-state index contributed by atoms with van der Waals surface area (Å²) in [7, 11) is 1.66. The van der Waals surface area contributed by atoms with Crippen molar-refractivity contribution in [1.29, 1.82) is 0 Å². The van der Waals surface area contributed by atoms with E-state index in [1.807, 2.05) is 4.57 Å². The van der Waals surface area contributed by atoms with Crippen LogP contribution in [0.25, 0.3) is 0 Å². The normalized spacial score (nSPS) is 13.6. The van der Waals surface area contributed by atoms with Crippen LogP contribution in [0.5, 0.6) is 23.0 Å². The molecule has 1 aliphatic heterocycles. The van der Waals surface area contributed by atoms with Gasteiger partial charge in [-0.05, 0) is 41.8 Å². The fourth-order valence-corrected chi connectivity index (χ4v) is 4.15. The molecule has 1 aromatic heterocycles. The van der Waals surface area contributed by atoms with Crippen LogP contribution in [0.1, 0.15) is 16.7 Å². The molecule has 30 heavy (non-hydrogen) atoms. The lowest BCUT2D eigenvalue weighted by atomic mass is 10.1. The Bertz CT molecular complexity index is 1150. The molecule has 0 atom stereocenters. The first-order chi connectivity index (χ1) is 14.3. The van der Waals surface area contributed by atoms with Crippen molar-refractivity contribution in [2.45, 2.75) is 25.0 Å². The molecule has 0 bridgehead atoms. The molecule has 9 nitrogen and oxygen atoms in total. The molecule has 0 fully saturated rings. The summed E-state index contributed by atoms with van der Waals surface area (Å²) < 4.78 is 3.35. The Morgan fingerprint density at radius 2 is 1.73 bits per heavy atom. The predicted octanol–water partition coefficient (Wildman–Crippen LogP) is 3.14. The third-order valence-corrected chi connectivity index (χ3v) is 6.01. The molecule has 0 unspecified atom stereocenters. The highest BCUT2D eigenvalue weighted by Gasteiger charge is 2.33. The second-order valence-electron chi connectivity index (χ2n) is 7.00. The van der Waals surface area contributed by atoms with Gasteiger partial charge in [0.15, 0.2) is 28.8 Å². The molecule has 10 heteroatoms. The maximum Gasteiger partial charge on any atom is 0.336 e. The lowest BCUT2D eigenvalue weighted by molar-refractivity contribution is 0.235. The summed E-state index contributed by atoms with van der Waals surface area (Å²) >= 11 is 1.25. The first-order valence-electron chi connectivity index (χ1n) is 9.06. The molecule has 0 saturated heterocycles. The Hall–Kier alpha value is -3.53. The van der Waals surface area contributed by atoms with Crippen molar-refractivity contribution >= 4 is 23.8 Å². The number of anilines is 1. The van der Waals surface area contributed by atoms with Gasteiger partial charge in [0, 0.05) is 19.0 Å². The van der Waals surface area contributed by atoms with Crippen molar-refractivity contribution in [3.63, 3.8) is 0 Å². The zero-order chi connectivity index (χ0) is 21.6. The van der Waals surface area contributed by atoms with Gasteiger partial charge in [0.1, 0.15) is 5.03 Å². The minimum atomic E-state index is -0.260. The van der Waals surface area contributed by atoms with E-state index < -0.39 is 0 Å². The van der Waals surface area contributed by atoms with E-state index in [2.05, 4.69) is 4.98 Å². The molecule has 0 radical (unpaired) electrons. The molecule has 4 rings (SSSR count). The van der Waals surface area contributed by atoms with Crippen molar-refractivity contribution in [2.75, 3.05) is 11.9 Å². The van der Waals surface area contributed by atoms with E-state index in [0.29, 0.717) is 23.5 Å². The van der Waals surface area contributed by atoms with Crippen molar-refractivity contribution in [2.24, 2.45) is 0 Å². The van der Waals surface area contributed by atoms with Crippen molar-refractivity contribution in [3.05, 3.63) is 53.3 Å². The molecule has 3 aromatic rings. The zero-order valence-corrected chi connectivity index (χ0v) is 17.1. The van der Waals surface area contributed by atoms with Crippen LogP contribution in [0, 0.1) is 6.92 Å². The van der Waals surface area contributed by atoms with E-state index >= 15 is 0 Å². The fourth-order valence-electron chi connectivity index (χ4n) is 3.26. The van der Waals surface area contributed by atoms with E-state index in [9.17, 15) is 25.2 Å². The number of imidazole rings is 1. The maximum absolute atomic E-state index is 12.8. The Morgan fingerprint density at radius 1 is 1.00 bits per heavy atom. The number of carbonyl (C=O) groups is 1. The second kappa shape index (κ2) is 7.38. The fraction of sp³-hybridized carbons (Fsp3) is 0.200. The summed E-state index contributed by atoms with van der Waals surface area (Å²) in [4.78, 5) is 18.7. The Morgan fingerprint density at radius 3 is 2.47 bits per heavy atom. The van der Waals surface area contributed by atoms with Gasteiger partial charge in [0.2, 0.25) is 0 Å². The summed E-state index contributed by atoms with van der Waals surface area (Å²) in [5.41, 5.74) is 2.01. The quantitative estimate of drug-likeness (QED) is 0.372. The SMILES string of the molecule is Cc1c(Cn2cnc3c2SN(C)C(=O)N3Cc2ccc(O)c(O)c2)ccc(O)c1O. The van der Waals surface area contributed by atoms with Crippen LogP contribution in [0.15, 0.2) is 41.7 Å². The molecular weight excluding hydrogens is 408 g/mol. The highest BCUT2D eigenvalue weighted by Crippen LogP contribution is 2.39. The standard InChI is InChI=1S/C20H20N4O5S/c1-11-13(4-6-15(26)17(11)28)9-23-10-21-18-19(23)30-22(2)20(29)24(18)8-12-3-5-14(25)16(27)7-12/h3-7,10,25-28H,8-9H2,1-2H3. The van der Waals surface area contributed by atoms with E-state index in [-0.39, 0.29) is 35.6 Å². The van der Waals surface area contributed by atoms with E-state index in [0.717, 1.165) is 10.6 Å². The molecule has 0 aliphatic carbocycles. The van der Waals surface area contributed by atoms with Crippen molar-refractivity contribution in [1.82, 2.24) is 13.9 Å². The number of hydrogen-bond acceptors (Lipinski definition) is 7. The van der Waals surface area contributed by atoms with Gasteiger partial charge in [-0.2, -0.15) is 0 Å². The van der Waals surface area contributed by atoms with Gasteiger partial charge in [0.25, 0.3) is 0 Å². The van der Waals surface area contributed by atoms with Crippen LogP contribution in [0.2, 0.25) is 0 Å². The second-order valence-corrected chi connectivity index (χ2v) is 8.12. The van der Waals surface area contributed by atoms with Gasteiger partial charge < -0.3 is 25.0 Å². The predicted molar refractivity (Wildman–Crippen MR) is 111 cm³/mol. The molecule has 1 aliphatic rings. The van der Waals surface area contributed by atoms with Crippen molar-refractivity contribution in [3.8, 4) is 23.0 Å². The Balaban J connectivity index is 1.67. The Kier molecular flexibility index (Phi) is 4.86. The van der Waals surface area contributed by atoms with Gasteiger partial charge in [0.05, 0.1) is 19.4 Å². The van der Waals surface area contributed by atoms with Gasteiger partial charge in [-0.1, -0.05) is 12.1 Å². The minimum absolute atomic E-state index is 0.157. The van der Waals surface area contributed by atoms with Crippen molar-refractivity contribution < 1.29 is 25.2 Å². The number of nitrogens with zero attached hydrogens (tertiary/aromatic N) is 4. The van der Waals surface area contributed by atoms with Crippen LogP contribution in [0.4, 0.5) is 10.6 Å². The molecule has 2 amide bonds. The Labute approximate surface area is 176 Å². The van der Waals surface area contributed by atoms with Crippen LogP contribution in [-0.4, -0.2) is 47.4 Å². The molecule has 2 heterocycles. The number of aromatic hydroxyl groups is 4. The highest BCUT2D eigenvalue weighted by atomic mass is 32.2. The number of phenolic OH excluding ortho intramolecular Hbond substituents is 4.